The van der Waals surface area contributed by atoms with Crippen molar-refractivity contribution in [2.45, 2.75) is 0 Å². The molecule has 242 valence electrons. The smallest absolute Gasteiger partial charge is 0.0541 e. The van der Waals surface area contributed by atoms with Crippen molar-refractivity contribution in [3.05, 3.63) is 202 Å². The van der Waals surface area contributed by atoms with Gasteiger partial charge in [-0.05, 0) is 94.0 Å². The summed E-state index contributed by atoms with van der Waals surface area (Å²) >= 11 is 0. The first-order chi connectivity index (χ1) is 24.8. The molecule has 0 saturated heterocycles. The lowest BCUT2D eigenvalue weighted by atomic mass is 10.0. The van der Waals surface area contributed by atoms with Crippen molar-refractivity contribution in [3.8, 4) is 44.8 Å². The van der Waals surface area contributed by atoms with E-state index in [4.69, 9.17) is 0 Å². The Labute approximate surface area is 298 Å². The number of hydrogen-bond donors (Lipinski definition) is 0. The summed E-state index contributed by atoms with van der Waals surface area (Å²) in [5.74, 6) is 0. The molecular weight excluding hydrogens is 617 g/mol. The zero-order valence-electron chi connectivity index (χ0n) is 28.4. The molecule has 2 nitrogen and oxygen atoms in total. The van der Waals surface area contributed by atoms with E-state index in [2.05, 4.69) is 203 Å². The van der Waals surface area contributed by atoms with Gasteiger partial charge in [-0.2, -0.15) is 0 Å². The first-order valence-corrected chi connectivity index (χ1v) is 17.2. The average Bonchev–Trinajstić information content (AvgIpc) is 3.71. The van der Waals surface area contributed by atoms with Crippen LogP contribution >= 0.6 is 0 Å². The van der Waals surface area contributed by atoms with Crippen molar-refractivity contribution in [2.24, 2.45) is 0 Å². The van der Waals surface area contributed by atoms with Crippen LogP contribution in [0.1, 0.15) is 0 Å². The highest BCUT2D eigenvalue weighted by atomic mass is 15.0. The van der Waals surface area contributed by atoms with E-state index >= 15 is 0 Å². The fourth-order valence-electron chi connectivity index (χ4n) is 7.73. The molecule has 0 aliphatic heterocycles. The summed E-state index contributed by atoms with van der Waals surface area (Å²) < 4.78 is 4.78. The van der Waals surface area contributed by atoms with Crippen molar-refractivity contribution >= 4 is 43.6 Å². The molecule has 0 amide bonds. The quantitative estimate of drug-likeness (QED) is 0.164. The molecule has 0 saturated carbocycles. The lowest BCUT2D eigenvalue weighted by Crippen LogP contribution is -1.94. The van der Waals surface area contributed by atoms with Gasteiger partial charge in [-0.1, -0.05) is 133 Å². The van der Waals surface area contributed by atoms with E-state index in [1.54, 1.807) is 0 Å². The van der Waals surface area contributed by atoms with Crippen LogP contribution in [0.15, 0.2) is 194 Å². The Hall–Kier alpha value is -6.64. The monoisotopic (exact) mass is 651 g/mol. The van der Waals surface area contributed by atoms with Crippen molar-refractivity contribution in [2.75, 3.05) is 0 Å². The van der Waals surface area contributed by atoms with E-state index in [9.17, 15) is 0 Å². The van der Waals surface area contributed by atoms with Gasteiger partial charge < -0.3 is 16.6 Å². The molecule has 0 N–H and O–H groups in total. The second kappa shape index (κ2) is 12.4. The van der Waals surface area contributed by atoms with Gasteiger partial charge in [-0.3, -0.25) is 0 Å². The molecular formula is C49H35N2-. The normalized spacial score (nSPS) is 11.4. The molecule has 2 aromatic heterocycles. The molecule has 0 fully saturated rings. The highest BCUT2D eigenvalue weighted by Gasteiger charge is 2.16. The SMILES string of the molecule is [CH3-].c1ccc(-c2ccc(-n3c4ccccc4c4cc(-c5ccc6c(c5)c5ccccc5n6-c5ccc(-c6ccccc6)cc5)ccc43)cc2)cc1. The number of nitrogens with zero attached hydrogens (tertiary/aromatic N) is 2. The van der Waals surface area contributed by atoms with Crippen LogP contribution in [0.4, 0.5) is 0 Å². The van der Waals surface area contributed by atoms with E-state index < -0.39 is 0 Å². The van der Waals surface area contributed by atoms with Crippen LogP contribution in [-0.4, -0.2) is 9.13 Å². The van der Waals surface area contributed by atoms with Gasteiger partial charge in [-0.25, -0.2) is 0 Å². The standard InChI is InChI=1S/C48H32N2.CH3/c1-3-11-33(12-4-1)35-19-25-39(26-20-35)49-45-17-9-7-15-41(45)43-31-37(23-29-47(43)49)38-24-30-48-44(32-38)42-16-8-10-18-46(42)50(48)40-27-21-36(22-28-40)34-13-5-2-6-14-34;/h1-32H;1H3/q;-1. The molecule has 0 radical (unpaired) electrons. The number of hydrogen-bond acceptors (Lipinski definition) is 0. The van der Waals surface area contributed by atoms with Crippen molar-refractivity contribution in [1.29, 1.82) is 0 Å². The van der Waals surface area contributed by atoms with Gasteiger partial charge in [0.25, 0.3) is 0 Å². The van der Waals surface area contributed by atoms with Crippen LogP contribution in [0.2, 0.25) is 0 Å². The third-order valence-electron chi connectivity index (χ3n) is 10.1. The average molecular weight is 652 g/mol. The van der Waals surface area contributed by atoms with Crippen LogP contribution in [0.5, 0.6) is 0 Å². The first kappa shape index (κ1) is 30.4. The Morgan fingerprint density at radius 2 is 0.549 bits per heavy atom. The Kier molecular flexibility index (Phi) is 7.37. The number of fused-ring (bicyclic) bond motifs is 6. The fraction of sp³-hybridized carbons (Fsp3) is 0. The third kappa shape index (κ3) is 5.04. The molecule has 10 rings (SSSR count). The molecule has 2 heterocycles. The molecule has 0 atom stereocenters. The topological polar surface area (TPSA) is 9.86 Å². The maximum Gasteiger partial charge on any atom is 0.0541 e. The highest BCUT2D eigenvalue weighted by Crippen LogP contribution is 2.38. The van der Waals surface area contributed by atoms with Crippen LogP contribution in [0.25, 0.3) is 88.4 Å². The lowest BCUT2D eigenvalue weighted by Gasteiger charge is -2.11. The molecule has 8 aromatic carbocycles. The fourth-order valence-corrected chi connectivity index (χ4v) is 7.73. The zero-order valence-corrected chi connectivity index (χ0v) is 28.4. The van der Waals surface area contributed by atoms with Crippen LogP contribution in [0, 0.1) is 7.43 Å². The second-order valence-electron chi connectivity index (χ2n) is 13.0. The largest absolute Gasteiger partial charge is 0.358 e. The summed E-state index contributed by atoms with van der Waals surface area (Å²) in [6.07, 6.45) is 0. The Morgan fingerprint density at radius 1 is 0.235 bits per heavy atom. The molecule has 2 heteroatoms. The van der Waals surface area contributed by atoms with Gasteiger partial charge in [0.15, 0.2) is 0 Å². The Bertz CT molecular complexity index is 2620. The summed E-state index contributed by atoms with van der Waals surface area (Å²) in [7, 11) is 0. The van der Waals surface area contributed by atoms with Gasteiger partial charge >= 0.3 is 0 Å². The third-order valence-corrected chi connectivity index (χ3v) is 10.1. The minimum atomic E-state index is 0. The molecule has 0 unspecified atom stereocenters. The van der Waals surface area contributed by atoms with Crippen molar-refractivity contribution < 1.29 is 0 Å². The van der Waals surface area contributed by atoms with Gasteiger partial charge in [-0.15, -0.1) is 0 Å². The van der Waals surface area contributed by atoms with E-state index in [1.165, 1.54) is 77.0 Å². The summed E-state index contributed by atoms with van der Waals surface area (Å²) in [6.45, 7) is 0. The molecule has 0 aliphatic carbocycles. The predicted molar refractivity (Wildman–Crippen MR) is 218 cm³/mol. The molecule has 0 aliphatic rings. The molecule has 51 heavy (non-hydrogen) atoms. The van der Waals surface area contributed by atoms with E-state index in [1.807, 2.05) is 0 Å². The minimum absolute atomic E-state index is 0. The summed E-state index contributed by atoms with van der Waals surface area (Å²) in [5, 5.41) is 5.03. The second-order valence-corrected chi connectivity index (χ2v) is 13.0. The van der Waals surface area contributed by atoms with E-state index in [-0.39, 0.29) is 7.43 Å². The molecule has 0 bridgehead atoms. The maximum atomic E-state index is 2.39. The van der Waals surface area contributed by atoms with E-state index in [0.29, 0.717) is 0 Å². The lowest BCUT2D eigenvalue weighted by molar-refractivity contribution is 1.18. The van der Waals surface area contributed by atoms with Gasteiger partial charge in [0, 0.05) is 32.9 Å². The molecule has 10 aromatic rings. The number of benzene rings is 8. The maximum absolute atomic E-state index is 2.39. The van der Waals surface area contributed by atoms with Gasteiger partial charge in [0.2, 0.25) is 0 Å². The predicted octanol–water partition coefficient (Wildman–Crippen LogP) is 13.3. The first-order valence-electron chi connectivity index (χ1n) is 17.2. The number of para-hydroxylation sites is 2. The number of aromatic nitrogens is 2. The van der Waals surface area contributed by atoms with E-state index in [0.717, 1.165) is 11.4 Å². The highest BCUT2D eigenvalue weighted by molar-refractivity contribution is 6.12. The van der Waals surface area contributed by atoms with Crippen molar-refractivity contribution in [1.82, 2.24) is 9.13 Å². The number of rotatable bonds is 5. The van der Waals surface area contributed by atoms with Crippen LogP contribution < -0.4 is 0 Å². The van der Waals surface area contributed by atoms with Gasteiger partial charge in [0.1, 0.15) is 0 Å². The summed E-state index contributed by atoms with van der Waals surface area (Å²) in [6, 6.07) is 70.4. The Balaban J connectivity index is 0.00000348. The van der Waals surface area contributed by atoms with Crippen LogP contribution in [-0.2, 0) is 0 Å². The summed E-state index contributed by atoms with van der Waals surface area (Å²) in [5.41, 5.74) is 14.5. The Morgan fingerprint density at radius 3 is 0.961 bits per heavy atom. The zero-order chi connectivity index (χ0) is 33.0. The minimum Gasteiger partial charge on any atom is -0.358 e. The molecule has 0 spiro atoms. The summed E-state index contributed by atoms with van der Waals surface area (Å²) in [4.78, 5) is 0. The van der Waals surface area contributed by atoms with Crippen LogP contribution in [0.3, 0.4) is 0 Å². The van der Waals surface area contributed by atoms with Gasteiger partial charge in [0.05, 0.1) is 22.1 Å². The van der Waals surface area contributed by atoms with Crippen molar-refractivity contribution in [3.63, 3.8) is 0 Å².